The van der Waals surface area contributed by atoms with E-state index in [0.717, 1.165) is 31.6 Å². The van der Waals surface area contributed by atoms with Crippen LogP contribution >= 0.6 is 0 Å². The molecule has 0 unspecified atom stereocenters. The van der Waals surface area contributed by atoms with Crippen molar-refractivity contribution >= 4 is 12.0 Å². The van der Waals surface area contributed by atoms with E-state index in [1.807, 2.05) is 18.7 Å². The van der Waals surface area contributed by atoms with Gasteiger partial charge in [-0.25, -0.2) is 19.2 Å². The Bertz CT molecular complexity index is 1470. The van der Waals surface area contributed by atoms with Crippen molar-refractivity contribution in [3.05, 3.63) is 70.3 Å². The molecular weight excluding hydrogens is 540 g/mol. The molecule has 2 aliphatic rings. The van der Waals surface area contributed by atoms with Crippen LogP contribution in [-0.4, -0.2) is 47.2 Å². The normalized spacial score (nSPS) is 19.0. The van der Waals surface area contributed by atoms with E-state index in [1.54, 1.807) is 32.2 Å². The van der Waals surface area contributed by atoms with Crippen molar-refractivity contribution in [3.8, 4) is 16.9 Å². The zero-order chi connectivity index (χ0) is 29.6. The number of benzene rings is 2. The molecule has 0 N–H and O–H groups in total. The lowest BCUT2D eigenvalue weighted by atomic mass is 9.95. The first-order valence-corrected chi connectivity index (χ1v) is 13.5. The third-order valence-electron chi connectivity index (χ3n) is 7.69. The Labute approximate surface area is 236 Å². The monoisotopic (exact) mass is 572 g/mol. The molecule has 7 nitrogen and oxygen atoms in total. The number of ether oxygens (including phenoxy) is 2. The van der Waals surface area contributed by atoms with Gasteiger partial charge in [0, 0.05) is 36.5 Å². The van der Waals surface area contributed by atoms with E-state index in [4.69, 9.17) is 14.5 Å². The van der Waals surface area contributed by atoms with E-state index >= 15 is 0 Å². The third kappa shape index (κ3) is 5.54. The van der Waals surface area contributed by atoms with Crippen molar-refractivity contribution in [2.24, 2.45) is 0 Å². The SMILES string of the molecule is COc1cc(F)c(C(C)C)cc1-c1cnc(N2CCC2)nc1CN1C(=O)O[C@H](c2cc(C)cc(C(F)(F)F)c2)[C@@H]1C. The fraction of sp³-hybridized carbons (Fsp3) is 0.433. The molecule has 0 radical (unpaired) electrons. The number of carbonyl (C=O) groups excluding carboxylic acids is 1. The summed E-state index contributed by atoms with van der Waals surface area (Å²) in [6.07, 6.45) is -3.44. The van der Waals surface area contributed by atoms with Crippen LogP contribution < -0.4 is 9.64 Å². The maximum Gasteiger partial charge on any atom is 0.416 e. The number of cyclic esters (lactones) is 1. The molecule has 0 aliphatic carbocycles. The summed E-state index contributed by atoms with van der Waals surface area (Å²) in [5, 5.41) is 0. The van der Waals surface area contributed by atoms with Crippen LogP contribution in [0.3, 0.4) is 0 Å². The second kappa shape index (κ2) is 10.8. The van der Waals surface area contributed by atoms with Crippen LogP contribution in [-0.2, 0) is 17.5 Å². The van der Waals surface area contributed by atoms with Gasteiger partial charge < -0.3 is 14.4 Å². The number of nitrogens with zero attached hydrogens (tertiary/aromatic N) is 4. The fourth-order valence-electron chi connectivity index (χ4n) is 5.28. The lowest BCUT2D eigenvalue weighted by Gasteiger charge is -2.31. The molecule has 2 atom stereocenters. The second-order valence-corrected chi connectivity index (χ2v) is 10.9. The van der Waals surface area contributed by atoms with Crippen LogP contribution in [0.15, 0.2) is 36.5 Å². The van der Waals surface area contributed by atoms with Crippen LogP contribution in [0, 0.1) is 12.7 Å². The first kappa shape index (κ1) is 28.6. The predicted molar refractivity (Wildman–Crippen MR) is 145 cm³/mol. The Morgan fingerprint density at radius 3 is 2.46 bits per heavy atom. The predicted octanol–water partition coefficient (Wildman–Crippen LogP) is 7.03. The first-order chi connectivity index (χ1) is 19.4. The van der Waals surface area contributed by atoms with Crippen LogP contribution in [0.25, 0.3) is 11.1 Å². The van der Waals surface area contributed by atoms with Gasteiger partial charge in [0.05, 0.1) is 31.0 Å². The van der Waals surface area contributed by atoms with Gasteiger partial charge in [-0.1, -0.05) is 25.5 Å². The maximum atomic E-state index is 14.8. The van der Waals surface area contributed by atoms with Gasteiger partial charge in [0.2, 0.25) is 5.95 Å². The van der Waals surface area contributed by atoms with Crippen molar-refractivity contribution < 1.29 is 31.8 Å². The van der Waals surface area contributed by atoms with Gasteiger partial charge in [-0.15, -0.1) is 0 Å². The highest BCUT2D eigenvalue weighted by Crippen LogP contribution is 2.40. The highest BCUT2D eigenvalue weighted by molar-refractivity contribution is 5.75. The molecule has 3 heterocycles. The molecule has 0 bridgehead atoms. The Morgan fingerprint density at radius 2 is 1.85 bits per heavy atom. The minimum Gasteiger partial charge on any atom is -0.496 e. The summed E-state index contributed by atoms with van der Waals surface area (Å²) in [6, 6.07) is 6.14. The number of methoxy groups -OCH3 is 1. The van der Waals surface area contributed by atoms with Gasteiger partial charge in [-0.3, -0.25) is 4.90 Å². The minimum atomic E-state index is -4.53. The van der Waals surface area contributed by atoms with Crippen molar-refractivity contribution in [1.82, 2.24) is 14.9 Å². The molecule has 218 valence electrons. The molecule has 5 rings (SSSR count). The zero-order valence-electron chi connectivity index (χ0n) is 23.6. The summed E-state index contributed by atoms with van der Waals surface area (Å²) < 4.78 is 66.5. The largest absolute Gasteiger partial charge is 0.496 e. The number of aryl methyl sites for hydroxylation is 1. The average Bonchev–Trinajstić information content (AvgIpc) is 3.15. The molecule has 2 saturated heterocycles. The van der Waals surface area contributed by atoms with E-state index in [2.05, 4.69) is 4.98 Å². The van der Waals surface area contributed by atoms with Gasteiger partial charge in [0.15, 0.2) is 0 Å². The number of alkyl halides is 3. The summed E-state index contributed by atoms with van der Waals surface area (Å²) in [6.45, 7) is 8.68. The number of aromatic nitrogens is 2. The summed E-state index contributed by atoms with van der Waals surface area (Å²) in [7, 11) is 1.45. The van der Waals surface area contributed by atoms with Crippen LogP contribution in [0.5, 0.6) is 5.75 Å². The number of rotatable bonds is 7. The molecule has 0 spiro atoms. The summed E-state index contributed by atoms with van der Waals surface area (Å²) in [5.41, 5.74) is 2.01. The summed E-state index contributed by atoms with van der Waals surface area (Å²) in [4.78, 5) is 25.9. The summed E-state index contributed by atoms with van der Waals surface area (Å²) >= 11 is 0. The van der Waals surface area contributed by atoms with E-state index in [0.29, 0.717) is 39.6 Å². The highest BCUT2D eigenvalue weighted by Gasteiger charge is 2.42. The standard InChI is InChI=1S/C30H32F4N4O3/c1-16(2)21-12-22(26(40-5)13-24(21)31)23-14-35-28(37-7-6-8-37)36-25(23)15-38-18(4)27(41-29(38)39)19-9-17(3)10-20(11-19)30(32,33)34/h9-14,16,18,27H,6-8,15H2,1-5H3/t18-,27-/m0/s1. The van der Waals surface area contributed by atoms with Gasteiger partial charge in [-0.05, 0) is 55.5 Å². The molecule has 1 aromatic heterocycles. The smallest absolute Gasteiger partial charge is 0.416 e. The van der Waals surface area contributed by atoms with Crippen molar-refractivity contribution in [3.63, 3.8) is 0 Å². The number of amides is 1. The fourth-order valence-corrected chi connectivity index (χ4v) is 5.28. The van der Waals surface area contributed by atoms with Crippen LogP contribution in [0.4, 0.5) is 28.3 Å². The van der Waals surface area contributed by atoms with Crippen molar-refractivity contribution in [1.29, 1.82) is 0 Å². The Balaban J connectivity index is 1.54. The van der Waals surface area contributed by atoms with Crippen LogP contribution in [0.2, 0.25) is 0 Å². The topological polar surface area (TPSA) is 67.8 Å². The Hall–Kier alpha value is -3.89. The third-order valence-corrected chi connectivity index (χ3v) is 7.69. The highest BCUT2D eigenvalue weighted by atomic mass is 19.4. The molecule has 3 aromatic rings. The average molecular weight is 573 g/mol. The Kier molecular flexibility index (Phi) is 7.56. The van der Waals surface area contributed by atoms with Crippen molar-refractivity contribution in [2.75, 3.05) is 25.1 Å². The van der Waals surface area contributed by atoms with E-state index in [-0.39, 0.29) is 18.0 Å². The number of anilines is 1. The van der Waals surface area contributed by atoms with Gasteiger partial charge >= 0.3 is 12.3 Å². The molecule has 2 fully saturated rings. The lowest BCUT2D eigenvalue weighted by Crippen LogP contribution is -2.39. The molecule has 0 saturated carbocycles. The maximum absolute atomic E-state index is 14.8. The molecule has 2 aliphatic heterocycles. The molecule has 2 aromatic carbocycles. The van der Waals surface area contributed by atoms with E-state index in [9.17, 15) is 22.4 Å². The van der Waals surface area contributed by atoms with Crippen LogP contribution in [0.1, 0.15) is 67.2 Å². The number of hydrogen-bond acceptors (Lipinski definition) is 6. The molecular formula is C30H32F4N4O3. The van der Waals surface area contributed by atoms with Crippen molar-refractivity contribution in [2.45, 2.75) is 64.9 Å². The first-order valence-electron chi connectivity index (χ1n) is 13.5. The van der Waals surface area contributed by atoms with Gasteiger partial charge in [-0.2, -0.15) is 13.2 Å². The summed E-state index contributed by atoms with van der Waals surface area (Å²) in [5.74, 6) is 0.305. The lowest BCUT2D eigenvalue weighted by molar-refractivity contribution is -0.137. The number of carbonyl (C=O) groups is 1. The Morgan fingerprint density at radius 1 is 1.12 bits per heavy atom. The minimum absolute atomic E-state index is 0.00464. The van der Waals surface area contributed by atoms with Gasteiger partial charge in [0.25, 0.3) is 0 Å². The second-order valence-electron chi connectivity index (χ2n) is 10.9. The zero-order valence-corrected chi connectivity index (χ0v) is 23.6. The number of halogens is 4. The molecule has 1 amide bonds. The van der Waals surface area contributed by atoms with E-state index in [1.165, 1.54) is 18.1 Å². The molecule has 11 heteroatoms. The molecule has 41 heavy (non-hydrogen) atoms. The van der Waals surface area contributed by atoms with E-state index < -0.39 is 35.8 Å². The number of hydrogen-bond donors (Lipinski definition) is 0. The van der Waals surface area contributed by atoms with Gasteiger partial charge in [0.1, 0.15) is 17.7 Å². The quantitative estimate of drug-likeness (QED) is 0.283.